The fraction of sp³-hybridized carbons (Fsp3) is 0.308. The van der Waals surface area contributed by atoms with Crippen LogP contribution in [0.25, 0.3) is 10.9 Å². The van der Waals surface area contributed by atoms with E-state index in [-0.39, 0.29) is 6.42 Å². The number of benzene rings is 1. The highest BCUT2D eigenvalue weighted by atomic mass is 19.4. The number of halogens is 3. The van der Waals surface area contributed by atoms with Gasteiger partial charge in [0.1, 0.15) is 0 Å². The van der Waals surface area contributed by atoms with Crippen molar-refractivity contribution in [1.82, 2.24) is 4.98 Å². The van der Waals surface area contributed by atoms with E-state index in [9.17, 15) is 13.2 Å². The van der Waals surface area contributed by atoms with Crippen LogP contribution in [0, 0.1) is 0 Å². The van der Waals surface area contributed by atoms with Gasteiger partial charge in [-0.15, -0.1) is 0 Å². The van der Waals surface area contributed by atoms with Crippen molar-refractivity contribution in [3.8, 4) is 0 Å². The van der Waals surface area contributed by atoms with Crippen LogP contribution >= 0.6 is 0 Å². The minimum Gasteiger partial charge on any atom is -0.323 e. The summed E-state index contributed by atoms with van der Waals surface area (Å²) in [6.07, 6.45) is -5.20. The second-order valence-electron chi connectivity index (χ2n) is 4.19. The maximum Gasteiger partial charge on any atom is 0.389 e. The Kier molecular flexibility index (Phi) is 3.52. The lowest BCUT2D eigenvalue weighted by atomic mass is 10.1. The van der Waals surface area contributed by atoms with Crippen molar-refractivity contribution in [2.75, 3.05) is 0 Å². The van der Waals surface area contributed by atoms with Crippen LogP contribution in [-0.4, -0.2) is 11.2 Å². The lowest BCUT2D eigenvalue weighted by molar-refractivity contribution is -0.136. The number of hydrogen-bond donors (Lipinski definition) is 1. The Labute approximate surface area is 103 Å². The smallest absolute Gasteiger partial charge is 0.323 e. The van der Waals surface area contributed by atoms with Crippen molar-refractivity contribution in [2.24, 2.45) is 5.73 Å². The van der Waals surface area contributed by atoms with Crippen LogP contribution in [0.3, 0.4) is 0 Å². The van der Waals surface area contributed by atoms with Crippen LogP contribution in [0.5, 0.6) is 0 Å². The molecule has 2 rings (SSSR count). The van der Waals surface area contributed by atoms with E-state index in [1.54, 1.807) is 6.07 Å². The molecule has 2 aromatic rings. The molecule has 18 heavy (non-hydrogen) atoms. The zero-order chi connectivity index (χ0) is 13.2. The first-order valence-corrected chi connectivity index (χ1v) is 5.64. The van der Waals surface area contributed by atoms with Crippen LogP contribution in [0.4, 0.5) is 13.2 Å². The Hall–Kier alpha value is -1.62. The van der Waals surface area contributed by atoms with Crippen LogP contribution in [0.2, 0.25) is 0 Å². The van der Waals surface area contributed by atoms with Crippen molar-refractivity contribution in [2.45, 2.75) is 25.1 Å². The number of rotatable bonds is 3. The van der Waals surface area contributed by atoms with Gasteiger partial charge in [-0.25, -0.2) is 0 Å². The van der Waals surface area contributed by atoms with Crippen molar-refractivity contribution >= 4 is 10.9 Å². The summed E-state index contributed by atoms with van der Waals surface area (Å²) in [5.41, 5.74) is 6.98. The molecule has 1 heterocycles. The van der Waals surface area contributed by atoms with E-state index in [0.29, 0.717) is 5.69 Å². The van der Waals surface area contributed by atoms with Crippen LogP contribution in [0.15, 0.2) is 36.4 Å². The van der Waals surface area contributed by atoms with Gasteiger partial charge in [-0.2, -0.15) is 13.2 Å². The Balaban J connectivity index is 2.15. The zero-order valence-corrected chi connectivity index (χ0v) is 9.61. The Morgan fingerprint density at radius 2 is 1.83 bits per heavy atom. The highest BCUT2D eigenvalue weighted by Crippen LogP contribution is 2.26. The minimum atomic E-state index is -4.17. The molecule has 0 aliphatic heterocycles. The molecule has 1 aromatic carbocycles. The second-order valence-corrected chi connectivity index (χ2v) is 4.19. The Bertz CT molecular complexity index is 537. The molecule has 0 saturated carbocycles. The largest absolute Gasteiger partial charge is 0.389 e. The molecule has 0 radical (unpaired) electrons. The Morgan fingerprint density at radius 1 is 1.11 bits per heavy atom. The van der Waals surface area contributed by atoms with E-state index in [0.717, 1.165) is 10.9 Å². The quantitative estimate of drug-likeness (QED) is 0.909. The number of pyridine rings is 1. The molecule has 5 heteroatoms. The van der Waals surface area contributed by atoms with E-state index >= 15 is 0 Å². The van der Waals surface area contributed by atoms with Crippen LogP contribution in [0.1, 0.15) is 24.6 Å². The first-order chi connectivity index (χ1) is 8.46. The molecule has 0 bridgehead atoms. The van der Waals surface area contributed by atoms with Crippen molar-refractivity contribution < 1.29 is 13.2 Å². The first-order valence-electron chi connectivity index (χ1n) is 5.64. The predicted molar refractivity (Wildman–Crippen MR) is 64.0 cm³/mol. The summed E-state index contributed by atoms with van der Waals surface area (Å²) in [7, 11) is 0. The Morgan fingerprint density at radius 3 is 2.56 bits per heavy atom. The normalized spacial score (nSPS) is 13.8. The summed E-state index contributed by atoms with van der Waals surface area (Å²) in [5, 5.41) is 0.948. The summed E-state index contributed by atoms with van der Waals surface area (Å²) >= 11 is 0. The van der Waals surface area contributed by atoms with Crippen LogP contribution in [-0.2, 0) is 0 Å². The standard InChI is InChI=1S/C13H13F3N2/c14-13(15,16)8-7-10(17)12-6-5-9-3-1-2-4-11(9)18-12/h1-6,10H,7-8,17H2/t10-/m0/s1. The average Bonchev–Trinajstić information content (AvgIpc) is 2.34. The summed E-state index contributed by atoms with van der Waals surface area (Å²) in [4.78, 5) is 4.28. The minimum absolute atomic E-state index is 0.144. The zero-order valence-electron chi connectivity index (χ0n) is 9.61. The molecule has 0 aliphatic carbocycles. The maximum atomic E-state index is 12.1. The molecule has 2 N–H and O–H groups in total. The molecule has 0 aliphatic rings. The lowest BCUT2D eigenvalue weighted by Gasteiger charge is -2.13. The summed E-state index contributed by atoms with van der Waals surface area (Å²) < 4.78 is 36.3. The highest BCUT2D eigenvalue weighted by Gasteiger charge is 2.28. The van der Waals surface area contributed by atoms with Gasteiger partial charge in [0.25, 0.3) is 0 Å². The predicted octanol–water partition coefficient (Wildman–Crippen LogP) is 3.58. The molecule has 96 valence electrons. The molecule has 0 unspecified atom stereocenters. The van der Waals surface area contributed by atoms with Gasteiger partial charge < -0.3 is 5.73 Å². The number of para-hydroxylation sites is 1. The number of fused-ring (bicyclic) bond motifs is 1. The third-order valence-electron chi connectivity index (χ3n) is 2.74. The van der Waals surface area contributed by atoms with Crippen molar-refractivity contribution in [1.29, 1.82) is 0 Å². The average molecular weight is 254 g/mol. The lowest BCUT2D eigenvalue weighted by Crippen LogP contribution is -2.16. The van der Waals surface area contributed by atoms with Gasteiger partial charge in [-0.05, 0) is 18.6 Å². The van der Waals surface area contributed by atoms with E-state index in [1.807, 2.05) is 30.3 Å². The van der Waals surface area contributed by atoms with E-state index in [2.05, 4.69) is 4.98 Å². The molecule has 0 saturated heterocycles. The van der Waals surface area contributed by atoms with E-state index in [1.165, 1.54) is 0 Å². The first kappa shape index (κ1) is 12.8. The maximum absolute atomic E-state index is 12.1. The second kappa shape index (κ2) is 4.94. The van der Waals surface area contributed by atoms with Gasteiger partial charge in [-0.1, -0.05) is 24.3 Å². The number of nitrogens with zero attached hydrogens (tertiary/aromatic N) is 1. The molecule has 0 spiro atoms. The van der Waals surface area contributed by atoms with Gasteiger partial charge in [0.05, 0.1) is 11.2 Å². The molecule has 0 fully saturated rings. The summed E-state index contributed by atoms with van der Waals surface area (Å²) in [6.45, 7) is 0. The van der Waals surface area contributed by atoms with E-state index < -0.39 is 18.6 Å². The van der Waals surface area contributed by atoms with Gasteiger partial charge in [0, 0.05) is 17.8 Å². The molecule has 2 nitrogen and oxygen atoms in total. The van der Waals surface area contributed by atoms with Crippen LogP contribution < -0.4 is 5.73 Å². The topological polar surface area (TPSA) is 38.9 Å². The molecule has 1 atom stereocenters. The molecular weight excluding hydrogens is 241 g/mol. The monoisotopic (exact) mass is 254 g/mol. The summed E-state index contributed by atoms with van der Waals surface area (Å²) in [6, 6.07) is 10.3. The number of aromatic nitrogens is 1. The fourth-order valence-corrected chi connectivity index (χ4v) is 1.76. The van der Waals surface area contributed by atoms with Gasteiger partial charge in [0.2, 0.25) is 0 Å². The fourth-order valence-electron chi connectivity index (χ4n) is 1.76. The molecule has 1 aromatic heterocycles. The highest BCUT2D eigenvalue weighted by molar-refractivity contribution is 5.78. The number of alkyl halides is 3. The van der Waals surface area contributed by atoms with Gasteiger partial charge >= 0.3 is 6.18 Å². The van der Waals surface area contributed by atoms with E-state index in [4.69, 9.17) is 5.73 Å². The van der Waals surface area contributed by atoms with Crippen molar-refractivity contribution in [3.63, 3.8) is 0 Å². The third kappa shape index (κ3) is 3.20. The summed E-state index contributed by atoms with van der Waals surface area (Å²) in [5.74, 6) is 0. The molecule has 0 amide bonds. The SMILES string of the molecule is N[C@@H](CCC(F)(F)F)c1ccc2ccccc2n1. The molecular formula is C13H13F3N2. The number of hydrogen-bond acceptors (Lipinski definition) is 2. The van der Waals surface area contributed by atoms with Crippen molar-refractivity contribution in [3.05, 3.63) is 42.1 Å². The third-order valence-corrected chi connectivity index (χ3v) is 2.74. The van der Waals surface area contributed by atoms with Gasteiger partial charge in [0.15, 0.2) is 0 Å². The van der Waals surface area contributed by atoms with Gasteiger partial charge in [-0.3, -0.25) is 4.98 Å². The number of nitrogens with two attached hydrogens (primary N) is 1.